The highest BCUT2D eigenvalue weighted by molar-refractivity contribution is 7.17. The maximum absolute atomic E-state index is 12.9. The van der Waals surface area contributed by atoms with Gasteiger partial charge in [0.1, 0.15) is 5.91 Å². The third-order valence-corrected chi connectivity index (χ3v) is 3.27. The van der Waals surface area contributed by atoms with Crippen LogP contribution in [0.1, 0.15) is 19.4 Å². The van der Waals surface area contributed by atoms with Crippen LogP contribution in [0, 0.1) is 0 Å². The van der Waals surface area contributed by atoms with Gasteiger partial charge in [-0.15, -0.1) is 0 Å². The Morgan fingerprint density at radius 2 is 2.05 bits per heavy atom. The van der Waals surface area contributed by atoms with Crippen molar-refractivity contribution in [3.8, 4) is 0 Å². The van der Waals surface area contributed by atoms with E-state index in [-0.39, 0.29) is 12.5 Å². The van der Waals surface area contributed by atoms with Gasteiger partial charge in [0, 0.05) is 0 Å². The molecule has 3 atom stereocenters. The molecule has 1 amide bonds. The number of halogens is 1. The van der Waals surface area contributed by atoms with E-state index in [1.807, 2.05) is 77.7 Å². The molecule has 1 N–H and O–H groups in total. The summed E-state index contributed by atoms with van der Waals surface area (Å²) in [7, 11) is 2.03. The fraction of sp³-hybridized carbons (Fsp3) is 0.312. The molecule has 20 heavy (non-hydrogen) atoms. The molecule has 0 radical (unpaired) electrons. The van der Waals surface area contributed by atoms with Crippen LogP contribution >= 0.6 is 9.24 Å². The minimum absolute atomic E-state index is 0.0105. The number of nitrogens with one attached hydrogen (secondary N) is 1. The highest BCUT2D eigenvalue weighted by atomic mass is 31.0. The lowest BCUT2D eigenvalue weighted by Gasteiger charge is -2.25. The monoisotopic (exact) mass is 293 g/mol. The first-order chi connectivity index (χ1) is 9.50. The summed E-state index contributed by atoms with van der Waals surface area (Å²) >= 11 is 0. The van der Waals surface area contributed by atoms with Gasteiger partial charge in [-0.25, -0.2) is 4.39 Å². The Labute approximate surface area is 122 Å². The van der Waals surface area contributed by atoms with E-state index in [0.29, 0.717) is 0 Å². The molecule has 0 fully saturated rings. The molecule has 0 saturated carbocycles. The average molecular weight is 293 g/mol. The van der Waals surface area contributed by atoms with E-state index in [9.17, 15) is 9.18 Å². The lowest BCUT2D eigenvalue weighted by atomic mass is 9.81. The average Bonchev–Trinajstić information content (AvgIpc) is 2.45. The predicted molar refractivity (Wildman–Crippen MR) is 85.4 cm³/mol. The Kier molecular flexibility index (Phi) is 6.60. The van der Waals surface area contributed by atoms with Crippen molar-refractivity contribution in [1.82, 2.24) is 5.32 Å². The molecule has 1 aromatic carbocycles. The summed E-state index contributed by atoms with van der Waals surface area (Å²) in [5.74, 6) is -1.35. The van der Waals surface area contributed by atoms with Crippen LogP contribution in [-0.4, -0.2) is 18.4 Å². The highest BCUT2D eigenvalue weighted by Gasteiger charge is 2.32. The van der Waals surface area contributed by atoms with Crippen molar-refractivity contribution in [3.05, 3.63) is 60.2 Å². The van der Waals surface area contributed by atoms with Gasteiger partial charge in [0.2, 0.25) is 5.91 Å². The molecule has 0 aliphatic rings. The zero-order valence-corrected chi connectivity index (χ0v) is 13.0. The van der Waals surface area contributed by atoms with Gasteiger partial charge in [-0.3, -0.25) is 4.79 Å². The fourth-order valence-electron chi connectivity index (χ4n) is 1.82. The molecule has 1 aromatic rings. The van der Waals surface area contributed by atoms with Crippen molar-refractivity contribution in [2.45, 2.75) is 25.2 Å². The van der Waals surface area contributed by atoms with Crippen molar-refractivity contribution < 1.29 is 9.18 Å². The summed E-state index contributed by atoms with van der Waals surface area (Å²) in [6, 6.07) is 9.47. The lowest BCUT2D eigenvalue weighted by molar-refractivity contribution is -0.124. The third kappa shape index (κ3) is 4.57. The number of rotatable bonds is 6. The minimum atomic E-state index is -1.14. The molecule has 0 aliphatic carbocycles. The van der Waals surface area contributed by atoms with Crippen molar-refractivity contribution in [1.29, 1.82) is 0 Å². The predicted octanol–water partition coefficient (Wildman–Crippen LogP) is 3.36. The molecule has 0 aliphatic heterocycles. The zero-order chi connectivity index (χ0) is 15.0. The first kappa shape index (κ1) is 16.6. The van der Waals surface area contributed by atoms with E-state index in [0.717, 1.165) is 5.56 Å². The Morgan fingerprint density at radius 3 is 2.60 bits per heavy atom. The number of carbonyl (C=O) groups is 1. The molecule has 3 unspecified atom stereocenters. The van der Waals surface area contributed by atoms with Gasteiger partial charge in [-0.05, 0) is 19.4 Å². The van der Waals surface area contributed by atoms with Crippen LogP contribution < -0.4 is 5.32 Å². The van der Waals surface area contributed by atoms with Crippen LogP contribution in [0.25, 0.3) is 0 Å². The second kappa shape index (κ2) is 7.96. The molecule has 1 rings (SSSR count). The number of allylic oxidation sites excluding steroid dienone is 3. The maximum atomic E-state index is 12.9. The molecule has 0 saturated heterocycles. The maximum Gasteiger partial charge on any atom is 0.234 e. The minimum Gasteiger partial charge on any atom is -0.352 e. The van der Waals surface area contributed by atoms with E-state index in [1.54, 1.807) is 0 Å². The fourth-order valence-corrected chi connectivity index (χ4v) is 1.94. The van der Waals surface area contributed by atoms with Crippen LogP contribution in [0.2, 0.25) is 0 Å². The molecular weight excluding hydrogens is 272 g/mol. The summed E-state index contributed by atoms with van der Waals surface area (Å²) in [6.45, 7) is 3.73. The number of carbonyl (C=O) groups excluding carboxylic acids is 1. The van der Waals surface area contributed by atoms with Crippen LogP contribution in [-0.2, 0) is 10.2 Å². The topological polar surface area (TPSA) is 29.1 Å². The lowest BCUT2D eigenvalue weighted by Crippen LogP contribution is -2.42. The summed E-state index contributed by atoms with van der Waals surface area (Å²) < 4.78 is 12.9. The Balaban J connectivity index is 3.04. The van der Waals surface area contributed by atoms with E-state index >= 15 is 0 Å². The number of benzene rings is 1. The van der Waals surface area contributed by atoms with Gasteiger partial charge in [-0.1, -0.05) is 63.9 Å². The molecular formula is C16H21FNOP. The van der Waals surface area contributed by atoms with Crippen molar-refractivity contribution in [3.63, 3.8) is 0 Å². The van der Waals surface area contributed by atoms with Crippen LogP contribution in [0.4, 0.5) is 4.39 Å². The Bertz CT molecular complexity index is 485. The number of hydrogen-bond acceptors (Lipinski definition) is 1. The Morgan fingerprint density at radius 1 is 1.40 bits per heavy atom. The number of hydrogen-bond donors (Lipinski definition) is 1. The number of alkyl halides is 1. The van der Waals surface area contributed by atoms with E-state index < -0.39 is 11.3 Å². The molecule has 0 spiro atoms. The standard InChI is InChI=1S/C16H21FNOP/c1-3-4-8-11-16(2,13-9-6-5-7-10-13)15(19)18-12-14(17)20/h3-11,14H,12,20H2,1-2H3,(H,18,19)/b4-3-,11-8+. The molecule has 0 heterocycles. The molecule has 108 valence electrons. The molecule has 4 heteroatoms. The second-order valence-corrected chi connectivity index (χ2v) is 5.40. The quantitative estimate of drug-likeness (QED) is 0.632. The summed E-state index contributed by atoms with van der Waals surface area (Å²) in [6.07, 6.45) is 7.41. The van der Waals surface area contributed by atoms with Gasteiger partial charge in [0.05, 0.1) is 12.0 Å². The van der Waals surface area contributed by atoms with Gasteiger partial charge < -0.3 is 5.32 Å². The molecule has 0 bridgehead atoms. The van der Waals surface area contributed by atoms with Crippen LogP contribution in [0.5, 0.6) is 0 Å². The van der Waals surface area contributed by atoms with Gasteiger partial charge in [0.25, 0.3) is 0 Å². The van der Waals surface area contributed by atoms with E-state index in [2.05, 4.69) is 5.32 Å². The summed E-state index contributed by atoms with van der Waals surface area (Å²) in [5.41, 5.74) is 0.0535. The van der Waals surface area contributed by atoms with Crippen molar-refractivity contribution in [2.24, 2.45) is 0 Å². The van der Waals surface area contributed by atoms with Crippen molar-refractivity contribution >= 4 is 15.1 Å². The first-order valence-electron chi connectivity index (χ1n) is 6.54. The Hall–Kier alpha value is -1.47. The van der Waals surface area contributed by atoms with E-state index in [4.69, 9.17) is 0 Å². The second-order valence-electron chi connectivity index (χ2n) is 4.68. The molecule has 0 aromatic heterocycles. The van der Waals surface area contributed by atoms with Crippen LogP contribution in [0.15, 0.2) is 54.6 Å². The third-order valence-electron chi connectivity index (χ3n) is 3.04. The van der Waals surface area contributed by atoms with Gasteiger partial charge >= 0.3 is 0 Å². The number of amides is 1. The first-order valence-corrected chi connectivity index (χ1v) is 7.21. The largest absolute Gasteiger partial charge is 0.352 e. The summed E-state index contributed by atoms with van der Waals surface area (Å²) in [4.78, 5) is 12.4. The smallest absolute Gasteiger partial charge is 0.234 e. The molecule has 2 nitrogen and oxygen atoms in total. The highest BCUT2D eigenvalue weighted by Crippen LogP contribution is 2.26. The normalized spacial score (nSPS) is 16.2. The van der Waals surface area contributed by atoms with Crippen molar-refractivity contribution in [2.75, 3.05) is 6.54 Å². The van der Waals surface area contributed by atoms with Crippen LogP contribution in [0.3, 0.4) is 0 Å². The zero-order valence-electron chi connectivity index (χ0n) is 11.8. The summed E-state index contributed by atoms with van der Waals surface area (Å²) in [5, 5.41) is 2.64. The van der Waals surface area contributed by atoms with Gasteiger partial charge in [0.15, 0.2) is 0 Å². The van der Waals surface area contributed by atoms with Gasteiger partial charge in [-0.2, -0.15) is 0 Å². The SMILES string of the molecule is C/C=C\C=C\C(C)(C(=O)NCC(F)P)c1ccccc1. The van der Waals surface area contributed by atoms with E-state index in [1.165, 1.54) is 0 Å².